The Balaban J connectivity index is 2.68. The van der Waals surface area contributed by atoms with Crippen molar-refractivity contribution in [2.45, 2.75) is 19.4 Å². The Bertz CT molecular complexity index is 367. The molecule has 0 saturated carbocycles. The largest absolute Gasteiger partial charge is 0.359 e. The number of hydrogen-bond donors (Lipinski definition) is 1. The Labute approximate surface area is 92.0 Å². The van der Waals surface area contributed by atoms with Crippen LogP contribution >= 0.6 is 22.9 Å². The molecule has 0 fully saturated rings. The van der Waals surface area contributed by atoms with Crippen molar-refractivity contribution in [1.29, 1.82) is 5.26 Å². The third-order valence-electron chi connectivity index (χ3n) is 1.58. The topological polar surface area (TPSA) is 48.7 Å². The van der Waals surface area contributed by atoms with Gasteiger partial charge in [0.2, 0.25) is 0 Å². The minimum absolute atomic E-state index is 0.251. The third-order valence-corrected chi connectivity index (χ3v) is 2.85. The van der Waals surface area contributed by atoms with Gasteiger partial charge in [0, 0.05) is 6.04 Å². The normalized spacial score (nSPS) is 11.8. The molecule has 1 unspecified atom stereocenters. The number of nitriles is 1. The fraction of sp³-hybridized carbons (Fsp3) is 0.333. The van der Waals surface area contributed by atoms with Crippen LogP contribution in [0, 0.1) is 11.3 Å². The lowest BCUT2D eigenvalue weighted by molar-refractivity contribution is 0.812. The van der Waals surface area contributed by atoms with Crippen LogP contribution in [-0.4, -0.2) is 11.0 Å². The summed E-state index contributed by atoms with van der Waals surface area (Å²) < 4.78 is 0. The fourth-order valence-electron chi connectivity index (χ4n) is 0.952. The summed E-state index contributed by atoms with van der Waals surface area (Å²) in [4.78, 5) is 4.46. The van der Waals surface area contributed by atoms with E-state index < -0.39 is 0 Å². The van der Waals surface area contributed by atoms with Crippen LogP contribution in [0.25, 0.3) is 0 Å². The Morgan fingerprint density at radius 2 is 2.57 bits per heavy atom. The van der Waals surface area contributed by atoms with E-state index in [4.69, 9.17) is 16.9 Å². The zero-order chi connectivity index (χ0) is 10.6. The van der Waals surface area contributed by atoms with Crippen molar-refractivity contribution >= 4 is 28.1 Å². The highest BCUT2D eigenvalue weighted by atomic mass is 35.5. The average Bonchev–Trinajstić information content (AvgIpc) is 2.46. The van der Waals surface area contributed by atoms with Gasteiger partial charge in [0.25, 0.3) is 0 Å². The van der Waals surface area contributed by atoms with Gasteiger partial charge in [0.1, 0.15) is 10.9 Å². The van der Waals surface area contributed by atoms with Crippen molar-refractivity contribution in [2.24, 2.45) is 0 Å². The Kier molecular flexibility index (Phi) is 3.93. The lowest BCUT2D eigenvalue weighted by Gasteiger charge is -2.08. The van der Waals surface area contributed by atoms with Gasteiger partial charge >= 0.3 is 0 Å². The molecule has 0 amide bonds. The third kappa shape index (κ3) is 2.72. The summed E-state index contributed by atoms with van der Waals surface area (Å²) in [7, 11) is 0. The van der Waals surface area contributed by atoms with Gasteiger partial charge in [-0.25, -0.2) is 4.98 Å². The summed E-state index contributed by atoms with van der Waals surface area (Å²) in [6, 6.07) is 2.24. The lowest BCUT2D eigenvalue weighted by atomic mass is 10.2. The van der Waals surface area contributed by atoms with E-state index in [9.17, 15) is 0 Å². The Hall–Kier alpha value is -1.05. The minimum atomic E-state index is 0.251. The van der Waals surface area contributed by atoms with Gasteiger partial charge in [-0.05, 0) is 13.3 Å². The predicted molar refractivity (Wildman–Crippen MR) is 59.7 cm³/mol. The minimum Gasteiger partial charge on any atom is -0.359 e. The van der Waals surface area contributed by atoms with E-state index in [1.165, 1.54) is 11.3 Å². The molecule has 0 saturated heterocycles. The van der Waals surface area contributed by atoms with Gasteiger partial charge in [-0.3, -0.25) is 0 Å². The predicted octanol–water partition coefficient (Wildman–Crippen LogP) is 3.04. The van der Waals surface area contributed by atoms with Crippen LogP contribution in [0.1, 0.15) is 18.2 Å². The molecule has 0 radical (unpaired) electrons. The zero-order valence-electron chi connectivity index (χ0n) is 7.75. The summed E-state index contributed by atoms with van der Waals surface area (Å²) in [5.41, 5.74) is 0. The second-order valence-corrected chi connectivity index (χ2v) is 4.18. The van der Waals surface area contributed by atoms with Crippen LogP contribution in [0.5, 0.6) is 0 Å². The van der Waals surface area contributed by atoms with Crippen molar-refractivity contribution in [3.05, 3.63) is 22.7 Å². The maximum Gasteiger partial charge on any atom is 0.185 e. The molecule has 0 aromatic carbocycles. The molecule has 0 aliphatic heterocycles. The van der Waals surface area contributed by atoms with Crippen molar-refractivity contribution in [3.63, 3.8) is 0 Å². The van der Waals surface area contributed by atoms with Crippen LogP contribution in [0.15, 0.2) is 12.7 Å². The van der Waals surface area contributed by atoms with Crippen LogP contribution in [0.3, 0.4) is 0 Å². The highest BCUT2D eigenvalue weighted by Gasteiger charge is 2.09. The molecule has 1 N–H and O–H groups in total. The maximum absolute atomic E-state index is 8.66. The fourth-order valence-corrected chi connectivity index (χ4v) is 2.01. The first-order valence-electron chi connectivity index (χ1n) is 4.11. The van der Waals surface area contributed by atoms with E-state index >= 15 is 0 Å². The molecule has 0 spiro atoms. The molecule has 0 aliphatic rings. The molecule has 1 aromatic heterocycles. The van der Waals surface area contributed by atoms with Gasteiger partial charge in [0.15, 0.2) is 10.3 Å². The first-order valence-corrected chi connectivity index (χ1v) is 5.30. The Morgan fingerprint density at radius 1 is 1.86 bits per heavy atom. The molecule has 0 bridgehead atoms. The molecule has 1 aromatic rings. The van der Waals surface area contributed by atoms with Crippen molar-refractivity contribution in [2.75, 3.05) is 5.32 Å². The number of aromatic nitrogens is 1. The van der Waals surface area contributed by atoms with Crippen molar-refractivity contribution in [1.82, 2.24) is 4.98 Å². The Morgan fingerprint density at radius 3 is 3.07 bits per heavy atom. The number of nitrogens with one attached hydrogen (secondary N) is 1. The number of nitrogens with zero attached hydrogens (tertiary/aromatic N) is 2. The van der Waals surface area contributed by atoms with E-state index in [0.29, 0.717) is 10.0 Å². The summed E-state index contributed by atoms with van der Waals surface area (Å²) >= 11 is 6.99. The summed E-state index contributed by atoms with van der Waals surface area (Å²) in [5.74, 6) is 0. The molecular formula is C9H10ClN3S. The monoisotopic (exact) mass is 227 g/mol. The number of rotatable bonds is 4. The van der Waals surface area contributed by atoms with Gasteiger partial charge in [-0.1, -0.05) is 29.0 Å². The second-order valence-electron chi connectivity index (χ2n) is 2.82. The first-order chi connectivity index (χ1) is 6.67. The molecule has 74 valence electrons. The molecule has 1 rings (SSSR count). The lowest BCUT2D eigenvalue weighted by Crippen LogP contribution is -2.13. The highest BCUT2D eigenvalue weighted by Crippen LogP contribution is 2.26. The number of anilines is 1. The maximum atomic E-state index is 8.66. The van der Waals surface area contributed by atoms with E-state index in [1.807, 2.05) is 19.1 Å². The summed E-state index contributed by atoms with van der Waals surface area (Å²) in [6.07, 6.45) is 2.68. The van der Waals surface area contributed by atoms with Gasteiger partial charge in [-0.2, -0.15) is 5.26 Å². The SMILES string of the molecule is C=CCC(C)Nc1nc(Cl)c(C#N)s1. The van der Waals surface area contributed by atoms with Gasteiger partial charge in [0.05, 0.1) is 0 Å². The molecule has 5 heteroatoms. The molecular weight excluding hydrogens is 218 g/mol. The number of thiazole rings is 1. The quantitative estimate of drug-likeness (QED) is 0.805. The van der Waals surface area contributed by atoms with Crippen molar-refractivity contribution < 1.29 is 0 Å². The van der Waals surface area contributed by atoms with Crippen LogP contribution in [-0.2, 0) is 0 Å². The van der Waals surface area contributed by atoms with Crippen LogP contribution in [0.4, 0.5) is 5.13 Å². The highest BCUT2D eigenvalue weighted by molar-refractivity contribution is 7.16. The zero-order valence-corrected chi connectivity index (χ0v) is 9.32. The average molecular weight is 228 g/mol. The van der Waals surface area contributed by atoms with Crippen molar-refractivity contribution in [3.8, 4) is 6.07 Å². The summed E-state index contributed by atoms with van der Waals surface area (Å²) in [5, 5.41) is 12.8. The van der Waals surface area contributed by atoms with E-state index in [-0.39, 0.29) is 11.2 Å². The van der Waals surface area contributed by atoms with Gasteiger partial charge in [-0.15, -0.1) is 6.58 Å². The van der Waals surface area contributed by atoms with E-state index in [1.54, 1.807) is 0 Å². The van der Waals surface area contributed by atoms with Crippen LogP contribution < -0.4 is 5.32 Å². The molecule has 3 nitrogen and oxygen atoms in total. The molecule has 1 heterocycles. The molecule has 14 heavy (non-hydrogen) atoms. The molecule has 0 aliphatic carbocycles. The van der Waals surface area contributed by atoms with E-state index in [0.717, 1.165) is 6.42 Å². The number of halogens is 1. The first kappa shape index (κ1) is 11.0. The summed E-state index contributed by atoms with van der Waals surface area (Å²) in [6.45, 7) is 5.66. The van der Waals surface area contributed by atoms with Crippen LogP contribution in [0.2, 0.25) is 5.15 Å². The molecule has 1 atom stereocenters. The van der Waals surface area contributed by atoms with Gasteiger partial charge < -0.3 is 5.32 Å². The second kappa shape index (κ2) is 4.99. The standard InChI is InChI=1S/C9H10ClN3S/c1-3-4-6(2)12-9-13-8(10)7(5-11)14-9/h3,6H,1,4H2,2H3,(H,12,13). The smallest absolute Gasteiger partial charge is 0.185 e. The van der Waals surface area contributed by atoms with E-state index in [2.05, 4.69) is 16.9 Å². The number of hydrogen-bond acceptors (Lipinski definition) is 4.